The molecule has 6 rings (SSSR count). The third-order valence-corrected chi connectivity index (χ3v) is 7.43. The molecule has 0 spiro atoms. The largest absolute Gasteiger partial charge is 0.448 e. The summed E-state index contributed by atoms with van der Waals surface area (Å²) >= 11 is 6.33. The summed E-state index contributed by atoms with van der Waals surface area (Å²) in [7, 11) is 0. The first-order valence-electron chi connectivity index (χ1n) is 12.6. The minimum Gasteiger partial charge on any atom is -0.448 e. The van der Waals surface area contributed by atoms with Crippen LogP contribution in [0.25, 0.3) is 11.2 Å². The number of esters is 1. The lowest BCUT2D eigenvalue weighted by Gasteiger charge is -2.42. The van der Waals surface area contributed by atoms with Crippen LogP contribution in [-0.2, 0) is 28.4 Å². The lowest BCUT2D eigenvalue weighted by atomic mass is 9.89. The number of aromatic nitrogens is 4. The van der Waals surface area contributed by atoms with Crippen molar-refractivity contribution < 1.29 is 33.2 Å². The molecular formula is C26H30ClN5O7. The van der Waals surface area contributed by atoms with Crippen LogP contribution in [0.4, 0.5) is 5.95 Å². The number of fused-ring (bicyclic) bond motifs is 4. The number of halogens is 1. The zero-order chi connectivity index (χ0) is 27.7. The van der Waals surface area contributed by atoms with Gasteiger partial charge in [-0.3, -0.25) is 4.57 Å². The van der Waals surface area contributed by atoms with Crippen LogP contribution in [0.5, 0.6) is 0 Å². The van der Waals surface area contributed by atoms with E-state index in [1.54, 1.807) is 49.6 Å². The van der Waals surface area contributed by atoms with Gasteiger partial charge in [-0.1, -0.05) is 29.8 Å². The second-order valence-corrected chi connectivity index (χ2v) is 11.3. The Kier molecular flexibility index (Phi) is 6.14. The van der Waals surface area contributed by atoms with E-state index in [2.05, 4.69) is 15.0 Å². The monoisotopic (exact) mass is 559 g/mol. The number of rotatable bonds is 3. The number of hydrogen-bond donors (Lipinski definition) is 1. The quantitative estimate of drug-likeness (QED) is 0.373. The van der Waals surface area contributed by atoms with Crippen LogP contribution in [0.2, 0.25) is 5.15 Å². The number of carbonyl (C=O) groups is 1. The predicted octanol–water partition coefficient (Wildman–Crippen LogP) is 3.25. The summed E-state index contributed by atoms with van der Waals surface area (Å²) in [4.78, 5) is 26.3. The Balaban J connectivity index is 1.53. The number of nitrogens with two attached hydrogens (primary N) is 1. The van der Waals surface area contributed by atoms with Gasteiger partial charge in [0.1, 0.15) is 29.9 Å². The summed E-state index contributed by atoms with van der Waals surface area (Å²) in [6, 6.07) is 8.68. The Morgan fingerprint density at radius 2 is 1.77 bits per heavy atom. The summed E-state index contributed by atoms with van der Waals surface area (Å²) < 4.78 is 39.8. The Labute approximate surface area is 229 Å². The highest BCUT2D eigenvalue weighted by atomic mass is 35.5. The van der Waals surface area contributed by atoms with Crippen LogP contribution in [-0.4, -0.2) is 73.7 Å². The standard InChI is InChI=1S/C26H30ClN5O7/c1-24(2)34-11-14-16(36-24)17-18(38-25(3,4)37-17)26(5,39-21(33)13-9-7-6-8-10-13)22(35-14)32-12-29-15-19(27)30-23(28)31-20(15)32/h6-10,12,14,16-18,22H,11H2,1-5H3,(H2,28,30,31)/t14?,16-,17-,18?,22+,26?/m0/s1. The molecule has 0 amide bonds. The molecule has 5 heterocycles. The second kappa shape index (κ2) is 9.08. The maximum absolute atomic E-state index is 13.6. The molecule has 3 aromatic rings. The number of nitrogens with zero attached hydrogens (tertiary/aromatic N) is 4. The van der Waals surface area contributed by atoms with Crippen molar-refractivity contribution in [1.29, 1.82) is 0 Å². The number of imidazole rings is 1. The van der Waals surface area contributed by atoms with Gasteiger partial charge in [-0.2, -0.15) is 9.97 Å². The molecule has 13 heteroatoms. The van der Waals surface area contributed by atoms with E-state index in [1.165, 1.54) is 6.33 Å². The molecule has 3 aliphatic rings. The highest BCUT2D eigenvalue weighted by Gasteiger charge is 2.65. The summed E-state index contributed by atoms with van der Waals surface area (Å²) in [5, 5.41) is 0.0799. The van der Waals surface area contributed by atoms with Gasteiger partial charge in [0.15, 0.2) is 34.2 Å². The molecule has 3 saturated heterocycles. The number of benzene rings is 1. The number of hydrogen-bond acceptors (Lipinski definition) is 11. The van der Waals surface area contributed by atoms with E-state index in [-0.39, 0.29) is 17.7 Å². The van der Waals surface area contributed by atoms with Crippen molar-refractivity contribution in [2.45, 2.75) is 82.4 Å². The second-order valence-electron chi connectivity index (χ2n) is 11.0. The lowest BCUT2D eigenvalue weighted by Crippen LogP contribution is -2.57. The number of nitrogen functional groups attached to an aromatic ring is 1. The first kappa shape index (κ1) is 26.4. The van der Waals surface area contributed by atoms with Crippen molar-refractivity contribution in [3.05, 3.63) is 47.4 Å². The molecule has 3 fully saturated rings. The van der Waals surface area contributed by atoms with Gasteiger partial charge < -0.3 is 34.2 Å². The van der Waals surface area contributed by atoms with Gasteiger partial charge in [0.05, 0.1) is 18.5 Å². The van der Waals surface area contributed by atoms with Crippen LogP contribution in [0.3, 0.4) is 0 Å². The van der Waals surface area contributed by atoms with Crippen LogP contribution in [0.15, 0.2) is 36.7 Å². The highest BCUT2D eigenvalue weighted by Crippen LogP contribution is 2.49. The van der Waals surface area contributed by atoms with Gasteiger partial charge >= 0.3 is 5.97 Å². The van der Waals surface area contributed by atoms with Crippen molar-refractivity contribution in [3.63, 3.8) is 0 Å². The molecule has 3 aliphatic heterocycles. The van der Waals surface area contributed by atoms with E-state index in [0.717, 1.165) is 0 Å². The highest BCUT2D eigenvalue weighted by molar-refractivity contribution is 6.33. The molecule has 0 radical (unpaired) electrons. The van der Waals surface area contributed by atoms with Crippen molar-refractivity contribution in [2.24, 2.45) is 0 Å². The normalized spacial score (nSPS) is 33.2. The van der Waals surface area contributed by atoms with Gasteiger partial charge in [0.2, 0.25) is 5.95 Å². The molecule has 0 aliphatic carbocycles. The fraction of sp³-hybridized carbons (Fsp3) is 0.538. The smallest absolute Gasteiger partial charge is 0.338 e. The molecule has 39 heavy (non-hydrogen) atoms. The van der Waals surface area contributed by atoms with E-state index in [4.69, 9.17) is 45.8 Å². The van der Waals surface area contributed by atoms with Crippen molar-refractivity contribution in [3.8, 4) is 0 Å². The average Bonchev–Trinajstić information content (AvgIpc) is 3.42. The lowest BCUT2D eigenvalue weighted by molar-refractivity contribution is -0.334. The molecule has 3 unspecified atom stereocenters. The van der Waals surface area contributed by atoms with E-state index in [0.29, 0.717) is 16.7 Å². The SMILES string of the molecule is CC1(C)OC2[C@@H](O1)[C@H]1OC(C)(C)OCC1O[C@@H](n1cnc3c(Cl)nc(N)nc31)C2(C)OC(=O)c1ccccc1. The van der Waals surface area contributed by atoms with Gasteiger partial charge in [-0.15, -0.1) is 0 Å². The maximum Gasteiger partial charge on any atom is 0.338 e. The Bertz CT molecular complexity index is 1420. The fourth-order valence-electron chi connectivity index (χ4n) is 5.48. The molecule has 6 atom stereocenters. The number of carbonyl (C=O) groups excluding carboxylic acids is 1. The van der Waals surface area contributed by atoms with E-state index >= 15 is 0 Å². The summed E-state index contributed by atoms with van der Waals surface area (Å²) in [5.74, 6) is -2.54. The molecule has 0 saturated carbocycles. The minimum absolute atomic E-state index is 0.0470. The van der Waals surface area contributed by atoms with Crippen molar-refractivity contribution in [2.75, 3.05) is 12.3 Å². The fourth-order valence-corrected chi connectivity index (χ4v) is 5.70. The first-order valence-corrected chi connectivity index (χ1v) is 13.0. The van der Waals surface area contributed by atoms with E-state index < -0.39 is 53.8 Å². The molecule has 0 bridgehead atoms. The van der Waals surface area contributed by atoms with Gasteiger partial charge in [0.25, 0.3) is 0 Å². The summed E-state index contributed by atoms with van der Waals surface area (Å²) in [5.41, 5.74) is 5.41. The zero-order valence-electron chi connectivity index (χ0n) is 22.2. The molecule has 208 valence electrons. The molecular weight excluding hydrogens is 530 g/mol. The maximum atomic E-state index is 13.6. The van der Waals surface area contributed by atoms with Crippen LogP contribution in [0.1, 0.15) is 51.2 Å². The summed E-state index contributed by atoms with van der Waals surface area (Å²) in [6.45, 7) is 9.17. The predicted molar refractivity (Wildman–Crippen MR) is 138 cm³/mol. The molecule has 2 aromatic heterocycles. The molecule has 12 nitrogen and oxygen atoms in total. The van der Waals surface area contributed by atoms with Gasteiger partial charge in [0, 0.05) is 0 Å². The van der Waals surface area contributed by atoms with Crippen molar-refractivity contribution in [1.82, 2.24) is 19.5 Å². The van der Waals surface area contributed by atoms with Crippen LogP contribution in [0, 0.1) is 0 Å². The van der Waals surface area contributed by atoms with Gasteiger partial charge in [-0.25, -0.2) is 9.78 Å². The van der Waals surface area contributed by atoms with Crippen LogP contribution < -0.4 is 5.73 Å². The average molecular weight is 560 g/mol. The Morgan fingerprint density at radius 3 is 2.51 bits per heavy atom. The third-order valence-electron chi connectivity index (χ3n) is 7.16. The molecule has 1 aromatic carbocycles. The third kappa shape index (κ3) is 4.54. The Morgan fingerprint density at radius 1 is 1.05 bits per heavy atom. The van der Waals surface area contributed by atoms with Crippen molar-refractivity contribution >= 4 is 34.7 Å². The van der Waals surface area contributed by atoms with E-state index in [9.17, 15) is 4.79 Å². The topological polar surface area (TPSA) is 142 Å². The van der Waals surface area contributed by atoms with E-state index in [1.807, 2.05) is 19.9 Å². The summed E-state index contributed by atoms with van der Waals surface area (Å²) in [6.07, 6.45) is -2.29. The molecule has 2 N–H and O–H groups in total. The van der Waals surface area contributed by atoms with Gasteiger partial charge in [-0.05, 0) is 46.8 Å². The number of ether oxygens (including phenoxy) is 6. The number of anilines is 1. The zero-order valence-corrected chi connectivity index (χ0v) is 22.9. The minimum atomic E-state index is -1.49. The first-order chi connectivity index (χ1) is 18.4. The Hall–Kier alpha value is -2.87. The van der Waals surface area contributed by atoms with Crippen LogP contribution >= 0.6 is 11.6 Å².